The van der Waals surface area contributed by atoms with Crippen LogP contribution in [0.15, 0.2) is 22.7 Å². The summed E-state index contributed by atoms with van der Waals surface area (Å²) >= 11 is 10.00. The monoisotopic (exact) mass is 332 g/mol. The lowest BCUT2D eigenvalue weighted by molar-refractivity contribution is 0.146. The summed E-state index contributed by atoms with van der Waals surface area (Å²) in [5.41, 5.74) is 1.16. The van der Waals surface area contributed by atoms with Crippen molar-refractivity contribution in [1.29, 1.82) is 0 Å². The smallest absolute Gasteiger partial charge is 0.133 e. The first-order valence-electron chi connectivity index (χ1n) is 6.18. The van der Waals surface area contributed by atoms with E-state index in [9.17, 15) is 0 Å². The highest BCUT2D eigenvalue weighted by Gasteiger charge is 2.39. The van der Waals surface area contributed by atoms with Gasteiger partial charge in [-0.25, -0.2) is 0 Å². The van der Waals surface area contributed by atoms with Gasteiger partial charge in [0, 0.05) is 7.11 Å². The SMILES string of the molecule is COCCOc1ccc(C(Cl)C2CC2C)cc1Br. The molecule has 0 spiro atoms. The highest BCUT2D eigenvalue weighted by Crippen LogP contribution is 2.50. The fraction of sp³-hybridized carbons (Fsp3) is 0.571. The number of alkyl halides is 1. The van der Waals surface area contributed by atoms with Crippen molar-refractivity contribution < 1.29 is 9.47 Å². The molecule has 0 radical (unpaired) electrons. The molecule has 0 heterocycles. The summed E-state index contributed by atoms with van der Waals surface area (Å²) in [7, 11) is 1.66. The summed E-state index contributed by atoms with van der Waals surface area (Å²) in [6.07, 6.45) is 1.23. The molecule has 3 unspecified atom stereocenters. The van der Waals surface area contributed by atoms with E-state index >= 15 is 0 Å². The van der Waals surface area contributed by atoms with Crippen molar-refractivity contribution in [3.63, 3.8) is 0 Å². The summed E-state index contributed by atoms with van der Waals surface area (Å²) in [5.74, 6) is 2.21. The second-order valence-electron chi connectivity index (χ2n) is 4.81. The molecule has 1 aliphatic rings. The van der Waals surface area contributed by atoms with Gasteiger partial charge < -0.3 is 9.47 Å². The molecule has 0 bridgehead atoms. The molecule has 2 rings (SSSR count). The Kier molecular flexibility index (Phi) is 4.93. The molecule has 18 heavy (non-hydrogen) atoms. The summed E-state index contributed by atoms with van der Waals surface area (Å²) < 4.78 is 11.5. The topological polar surface area (TPSA) is 18.5 Å². The second kappa shape index (κ2) is 6.27. The van der Waals surface area contributed by atoms with Crippen LogP contribution in [0.25, 0.3) is 0 Å². The number of benzene rings is 1. The highest BCUT2D eigenvalue weighted by atomic mass is 79.9. The van der Waals surface area contributed by atoms with Gasteiger partial charge in [-0.2, -0.15) is 0 Å². The van der Waals surface area contributed by atoms with Gasteiger partial charge in [0.15, 0.2) is 0 Å². The van der Waals surface area contributed by atoms with E-state index in [0.29, 0.717) is 19.1 Å². The Morgan fingerprint density at radius 1 is 1.44 bits per heavy atom. The molecule has 1 aliphatic carbocycles. The van der Waals surface area contributed by atoms with Gasteiger partial charge in [0.25, 0.3) is 0 Å². The minimum absolute atomic E-state index is 0.115. The van der Waals surface area contributed by atoms with Crippen molar-refractivity contribution in [1.82, 2.24) is 0 Å². The Labute approximate surface area is 122 Å². The number of halogens is 2. The van der Waals surface area contributed by atoms with E-state index in [0.717, 1.165) is 21.7 Å². The molecule has 0 saturated heterocycles. The Morgan fingerprint density at radius 3 is 2.72 bits per heavy atom. The lowest BCUT2D eigenvalue weighted by Gasteiger charge is -2.12. The third-order valence-corrected chi connectivity index (χ3v) is 4.56. The molecule has 1 fully saturated rings. The van der Waals surface area contributed by atoms with E-state index in [4.69, 9.17) is 21.1 Å². The van der Waals surface area contributed by atoms with Crippen molar-refractivity contribution in [3.8, 4) is 5.75 Å². The van der Waals surface area contributed by atoms with Gasteiger partial charge in [0.1, 0.15) is 12.4 Å². The third kappa shape index (κ3) is 3.40. The molecular formula is C14H18BrClO2. The molecule has 3 atom stereocenters. The van der Waals surface area contributed by atoms with E-state index in [2.05, 4.69) is 35.0 Å². The van der Waals surface area contributed by atoms with Gasteiger partial charge in [0.2, 0.25) is 0 Å². The summed E-state index contributed by atoms with van der Waals surface area (Å²) in [6.45, 7) is 3.39. The van der Waals surface area contributed by atoms with Gasteiger partial charge in [-0.15, -0.1) is 11.6 Å². The van der Waals surface area contributed by atoms with Crippen molar-refractivity contribution in [2.24, 2.45) is 11.8 Å². The average molecular weight is 334 g/mol. The molecule has 1 aromatic rings. The predicted octanol–water partition coefficient (Wildman–Crippen LogP) is 4.41. The van der Waals surface area contributed by atoms with Crippen molar-refractivity contribution in [2.75, 3.05) is 20.3 Å². The maximum absolute atomic E-state index is 6.47. The first-order chi connectivity index (χ1) is 8.63. The van der Waals surface area contributed by atoms with Gasteiger partial charge in [-0.3, -0.25) is 0 Å². The summed E-state index contributed by atoms with van der Waals surface area (Å²) in [5, 5.41) is 0.115. The highest BCUT2D eigenvalue weighted by molar-refractivity contribution is 9.10. The molecule has 0 aromatic heterocycles. The van der Waals surface area contributed by atoms with E-state index in [1.54, 1.807) is 7.11 Å². The fourth-order valence-corrected chi connectivity index (χ4v) is 3.04. The lowest BCUT2D eigenvalue weighted by Crippen LogP contribution is -2.05. The number of ether oxygens (including phenoxy) is 2. The number of hydrogen-bond acceptors (Lipinski definition) is 2. The zero-order chi connectivity index (χ0) is 13.1. The van der Waals surface area contributed by atoms with Gasteiger partial charge in [-0.1, -0.05) is 13.0 Å². The van der Waals surface area contributed by atoms with Crippen molar-refractivity contribution in [2.45, 2.75) is 18.7 Å². The zero-order valence-corrected chi connectivity index (χ0v) is 13.0. The molecule has 2 nitrogen and oxygen atoms in total. The Bertz CT molecular complexity index is 411. The first-order valence-corrected chi connectivity index (χ1v) is 7.41. The quantitative estimate of drug-likeness (QED) is 0.567. The maximum Gasteiger partial charge on any atom is 0.133 e. The number of rotatable bonds is 6. The minimum atomic E-state index is 0.115. The molecule has 1 saturated carbocycles. The molecule has 4 heteroatoms. The molecule has 0 aliphatic heterocycles. The standard InChI is InChI=1S/C14H18BrClO2/c1-9-7-11(9)14(16)10-3-4-13(12(15)8-10)18-6-5-17-2/h3-4,8-9,11,14H,5-7H2,1-2H3. The average Bonchev–Trinajstić information content (AvgIpc) is 3.08. The van der Waals surface area contributed by atoms with Crippen LogP contribution in [-0.4, -0.2) is 20.3 Å². The molecule has 1 aromatic carbocycles. The summed E-state index contributed by atoms with van der Waals surface area (Å²) in [6, 6.07) is 6.08. The largest absolute Gasteiger partial charge is 0.490 e. The lowest BCUT2D eigenvalue weighted by atomic mass is 10.1. The fourth-order valence-electron chi connectivity index (χ4n) is 2.05. The number of methoxy groups -OCH3 is 1. The van der Waals surface area contributed by atoms with Gasteiger partial charge in [0.05, 0.1) is 16.5 Å². The summed E-state index contributed by atoms with van der Waals surface area (Å²) in [4.78, 5) is 0. The van der Waals surface area contributed by atoms with E-state index < -0.39 is 0 Å². The normalized spacial score (nSPS) is 23.8. The third-order valence-electron chi connectivity index (χ3n) is 3.37. The molecule has 0 amide bonds. The van der Waals surface area contributed by atoms with Crippen LogP contribution in [0.1, 0.15) is 24.3 Å². The van der Waals surface area contributed by atoms with Crippen molar-refractivity contribution >= 4 is 27.5 Å². The predicted molar refractivity (Wildman–Crippen MR) is 77.4 cm³/mol. The molecule has 100 valence electrons. The van der Waals surface area contributed by atoms with Gasteiger partial charge in [-0.05, 0) is 51.9 Å². The van der Waals surface area contributed by atoms with Crippen LogP contribution in [0.3, 0.4) is 0 Å². The Balaban J connectivity index is 2.00. The number of hydrogen-bond donors (Lipinski definition) is 0. The second-order valence-corrected chi connectivity index (χ2v) is 6.13. The van der Waals surface area contributed by atoms with E-state index in [1.165, 1.54) is 6.42 Å². The van der Waals surface area contributed by atoms with E-state index in [-0.39, 0.29) is 5.38 Å². The molecule has 0 N–H and O–H groups in total. The Morgan fingerprint density at radius 2 is 2.17 bits per heavy atom. The minimum Gasteiger partial charge on any atom is -0.490 e. The van der Waals surface area contributed by atoms with Crippen LogP contribution in [-0.2, 0) is 4.74 Å². The van der Waals surface area contributed by atoms with E-state index in [1.807, 2.05) is 6.07 Å². The Hall–Kier alpha value is -0.250. The molecular weight excluding hydrogens is 316 g/mol. The van der Waals surface area contributed by atoms with Crippen LogP contribution in [0, 0.1) is 11.8 Å². The van der Waals surface area contributed by atoms with Gasteiger partial charge >= 0.3 is 0 Å². The van der Waals surface area contributed by atoms with Crippen LogP contribution in [0.5, 0.6) is 5.75 Å². The van der Waals surface area contributed by atoms with Crippen LogP contribution >= 0.6 is 27.5 Å². The first kappa shape index (κ1) is 14.2. The van der Waals surface area contributed by atoms with Crippen LogP contribution in [0.2, 0.25) is 0 Å². The van der Waals surface area contributed by atoms with Crippen LogP contribution < -0.4 is 4.74 Å². The van der Waals surface area contributed by atoms with Crippen LogP contribution in [0.4, 0.5) is 0 Å². The zero-order valence-electron chi connectivity index (χ0n) is 10.7. The van der Waals surface area contributed by atoms with Crippen molar-refractivity contribution in [3.05, 3.63) is 28.2 Å². The maximum atomic E-state index is 6.47.